The summed E-state index contributed by atoms with van der Waals surface area (Å²) in [6, 6.07) is 21.0. The van der Waals surface area contributed by atoms with Crippen LogP contribution in [0.15, 0.2) is 66.9 Å². The number of pyridine rings is 1. The number of amides is 1. The van der Waals surface area contributed by atoms with Crippen LogP contribution >= 0.6 is 0 Å². The molecule has 27 heavy (non-hydrogen) atoms. The zero-order valence-electron chi connectivity index (χ0n) is 14.9. The summed E-state index contributed by atoms with van der Waals surface area (Å²) >= 11 is 0. The first-order chi connectivity index (χ1) is 13.2. The molecule has 0 radical (unpaired) electrons. The highest BCUT2D eigenvalue weighted by molar-refractivity contribution is 6.07. The number of fused-ring (bicyclic) bond motifs is 1. The fourth-order valence-corrected chi connectivity index (χ4v) is 3.42. The summed E-state index contributed by atoms with van der Waals surface area (Å²) in [5, 5.41) is 12.1. The van der Waals surface area contributed by atoms with Crippen molar-refractivity contribution in [1.29, 1.82) is 5.26 Å². The average molecular weight is 354 g/mol. The summed E-state index contributed by atoms with van der Waals surface area (Å²) in [6.45, 7) is 2.06. The first-order valence-corrected chi connectivity index (χ1v) is 8.80. The van der Waals surface area contributed by atoms with E-state index >= 15 is 0 Å². The number of hydrogen-bond donors (Lipinski definition) is 1. The number of para-hydroxylation sites is 1. The van der Waals surface area contributed by atoms with E-state index in [1.165, 1.54) is 5.56 Å². The van der Waals surface area contributed by atoms with Crippen molar-refractivity contribution >= 4 is 23.1 Å². The maximum atomic E-state index is 13.0. The van der Waals surface area contributed by atoms with Gasteiger partial charge in [0.15, 0.2) is 0 Å². The van der Waals surface area contributed by atoms with Gasteiger partial charge in [-0.2, -0.15) is 5.26 Å². The first-order valence-electron chi connectivity index (χ1n) is 8.80. The summed E-state index contributed by atoms with van der Waals surface area (Å²) in [7, 11) is 0. The van der Waals surface area contributed by atoms with Gasteiger partial charge in [-0.05, 0) is 55.3 Å². The highest BCUT2D eigenvalue weighted by Crippen LogP contribution is 2.33. The van der Waals surface area contributed by atoms with Crippen LogP contribution in [0.2, 0.25) is 0 Å². The van der Waals surface area contributed by atoms with Gasteiger partial charge in [0.1, 0.15) is 5.82 Å². The Labute approximate surface area is 157 Å². The molecule has 4 rings (SSSR count). The molecule has 1 aliphatic heterocycles. The second kappa shape index (κ2) is 6.93. The molecule has 2 aromatic carbocycles. The molecule has 1 aliphatic rings. The van der Waals surface area contributed by atoms with Crippen LogP contribution in [0.25, 0.3) is 0 Å². The number of nitriles is 1. The molecule has 1 unspecified atom stereocenters. The van der Waals surface area contributed by atoms with Crippen LogP contribution in [0, 0.1) is 11.3 Å². The van der Waals surface area contributed by atoms with Crippen molar-refractivity contribution in [1.82, 2.24) is 4.98 Å². The molecule has 0 saturated carbocycles. The second-order valence-corrected chi connectivity index (χ2v) is 6.61. The predicted molar refractivity (Wildman–Crippen MR) is 105 cm³/mol. The molecule has 0 aliphatic carbocycles. The Balaban J connectivity index is 1.54. The van der Waals surface area contributed by atoms with Gasteiger partial charge >= 0.3 is 0 Å². The minimum absolute atomic E-state index is 0.0435. The molecular formula is C22H18N4O. The molecule has 1 atom stereocenters. The van der Waals surface area contributed by atoms with Gasteiger partial charge in [0.2, 0.25) is 0 Å². The minimum Gasteiger partial charge on any atom is -0.340 e. The lowest BCUT2D eigenvalue weighted by Gasteiger charge is -2.22. The Bertz CT molecular complexity index is 1040. The molecular weight excluding hydrogens is 336 g/mol. The fourth-order valence-electron chi connectivity index (χ4n) is 3.42. The van der Waals surface area contributed by atoms with Gasteiger partial charge in [-0.3, -0.25) is 4.79 Å². The minimum atomic E-state index is -0.0435. The quantitative estimate of drug-likeness (QED) is 0.762. The fraction of sp³-hybridized carbons (Fsp3) is 0.136. The SMILES string of the molecule is CC1Cc2ccccc2N1C(=O)c1ccc(Nc2cccc(C#N)c2)nc1. The van der Waals surface area contributed by atoms with E-state index < -0.39 is 0 Å². The van der Waals surface area contributed by atoms with E-state index in [4.69, 9.17) is 5.26 Å². The van der Waals surface area contributed by atoms with Crippen molar-refractivity contribution in [3.05, 3.63) is 83.6 Å². The Morgan fingerprint density at radius 2 is 2.04 bits per heavy atom. The maximum absolute atomic E-state index is 13.0. The van der Waals surface area contributed by atoms with Crippen molar-refractivity contribution in [3.8, 4) is 6.07 Å². The van der Waals surface area contributed by atoms with Crippen LogP contribution in [0.4, 0.5) is 17.2 Å². The number of hydrogen-bond acceptors (Lipinski definition) is 4. The third kappa shape index (κ3) is 3.25. The van der Waals surface area contributed by atoms with E-state index in [0.717, 1.165) is 17.8 Å². The number of carbonyl (C=O) groups excluding carboxylic acids is 1. The zero-order chi connectivity index (χ0) is 18.8. The van der Waals surface area contributed by atoms with Gasteiger partial charge in [0.05, 0.1) is 17.2 Å². The van der Waals surface area contributed by atoms with Gasteiger partial charge in [0.25, 0.3) is 5.91 Å². The lowest BCUT2D eigenvalue weighted by Crippen LogP contribution is -2.35. The standard InChI is InChI=1S/C22H18N4O/c1-15-11-17-6-2-3-8-20(17)26(15)22(27)18-9-10-21(24-14-18)25-19-7-4-5-16(12-19)13-23/h2-10,12,14-15H,11H2,1H3,(H,24,25). The molecule has 1 N–H and O–H groups in total. The van der Waals surface area contributed by atoms with Crippen LogP contribution in [-0.2, 0) is 6.42 Å². The first kappa shape index (κ1) is 16.8. The molecule has 1 amide bonds. The van der Waals surface area contributed by atoms with E-state index in [1.807, 2.05) is 35.2 Å². The predicted octanol–water partition coefficient (Wildman–Crippen LogP) is 4.29. The van der Waals surface area contributed by atoms with E-state index in [0.29, 0.717) is 16.9 Å². The number of nitrogens with zero attached hydrogens (tertiary/aromatic N) is 3. The Morgan fingerprint density at radius 3 is 2.81 bits per heavy atom. The summed E-state index contributed by atoms with van der Waals surface area (Å²) in [5.41, 5.74) is 4.08. The molecule has 5 nitrogen and oxygen atoms in total. The topological polar surface area (TPSA) is 69.0 Å². The largest absolute Gasteiger partial charge is 0.340 e. The van der Waals surface area contributed by atoms with Gasteiger partial charge in [0, 0.05) is 23.6 Å². The van der Waals surface area contributed by atoms with Gasteiger partial charge < -0.3 is 10.2 Å². The maximum Gasteiger partial charge on any atom is 0.260 e. The molecule has 0 fully saturated rings. The molecule has 0 spiro atoms. The van der Waals surface area contributed by atoms with E-state index in [-0.39, 0.29) is 11.9 Å². The molecule has 0 bridgehead atoms. The normalized spacial score (nSPS) is 15.1. The average Bonchev–Trinajstić information content (AvgIpc) is 3.04. The Kier molecular flexibility index (Phi) is 4.31. The number of nitrogens with one attached hydrogen (secondary N) is 1. The van der Waals surface area contributed by atoms with Crippen LogP contribution < -0.4 is 10.2 Å². The number of aromatic nitrogens is 1. The van der Waals surface area contributed by atoms with E-state index in [1.54, 1.807) is 30.5 Å². The van der Waals surface area contributed by atoms with Crippen LogP contribution in [0.1, 0.15) is 28.4 Å². The molecule has 3 aromatic rings. The van der Waals surface area contributed by atoms with E-state index in [2.05, 4.69) is 29.4 Å². The number of anilines is 3. The van der Waals surface area contributed by atoms with Crippen LogP contribution in [0.3, 0.4) is 0 Å². The monoisotopic (exact) mass is 354 g/mol. The lowest BCUT2D eigenvalue weighted by molar-refractivity contribution is 0.0981. The second-order valence-electron chi connectivity index (χ2n) is 6.61. The van der Waals surface area contributed by atoms with Crippen molar-refractivity contribution in [2.24, 2.45) is 0 Å². The van der Waals surface area contributed by atoms with Crippen molar-refractivity contribution in [2.45, 2.75) is 19.4 Å². The van der Waals surface area contributed by atoms with E-state index in [9.17, 15) is 4.79 Å². The summed E-state index contributed by atoms with van der Waals surface area (Å²) in [4.78, 5) is 19.2. The summed E-state index contributed by atoms with van der Waals surface area (Å²) < 4.78 is 0. The molecule has 132 valence electrons. The Hall–Kier alpha value is -3.65. The van der Waals surface area contributed by atoms with Crippen molar-refractivity contribution in [2.75, 3.05) is 10.2 Å². The highest BCUT2D eigenvalue weighted by atomic mass is 16.2. The molecule has 1 aromatic heterocycles. The molecule has 5 heteroatoms. The highest BCUT2D eigenvalue weighted by Gasteiger charge is 2.31. The van der Waals surface area contributed by atoms with Crippen LogP contribution in [-0.4, -0.2) is 16.9 Å². The molecule has 2 heterocycles. The van der Waals surface area contributed by atoms with Gasteiger partial charge in [-0.15, -0.1) is 0 Å². The number of rotatable bonds is 3. The number of benzene rings is 2. The van der Waals surface area contributed by atoms with Gasteiger partial charge in [-0.25, -0.2) is 4.98 Å². The smallest absolute Gasteiger partial charge is 0.260 e. The van der Waals surface area contributed by atoms with Crippen molar-refractivity contribution < 1.29 is 4.79 Å². The third-order valence-corrected chi connectivity index (χ3v) is 4.70. The lowest BCUT2D eigenvalue weighted by atomic mass is 10.1. The summed E-state index contributed by atoms with van der Waals surface area (Å²) in [6.07, 6.45) is 2.46. The Morgan fingerprint density at radius 1 is 1.19 bits per heavy atom. The summed E-state index contributed by atoms with van der Waals surface area (Å²) in [5.74, 6) is 0.578. The van der Waals surface area contributed by atoms with Crippen LogP contribution in [0.5, 0.6) is 0 Å². The van der Waals surface area contributed by atoms with Crippen molar-refractivity contribution in [3.63, 3.8) is 0 Å². The zero-order valence-corrected chi connectivity index (χ0v) is 14.9. The molecule has 0 saturated heterocycles. The number of carbonyl (C=O) groups is 1. The third-order valence-electron chi connectivity index (χ3n) is 4.70. The van der Waals surface area contributed by atoms with Gasteiger partial charge in [-0.1, -0.05) is 24.3 Å².